The van der Waals surface area contributed by atoms with Gasteiger partial charge in [-0.15, -0.1) is 6.42 Å². The maximum atomic E-state index is 12.8. The van der Waals surface area contributed by atoms with E-state index in [0.717, 1.165) is 33.6 Å². The fourth-order valence-electron chi connectivity index (χ4n) is 4.27. The molecule has 1 amide bonds. The van der Waals surface area contributed by atoms with Crippen molar-refractivity contribution in [2.24, 2.45) is 0 Å². The van der Waals surface area contributed by atoms with Gasteiger partial charge in [0.05, 0.1) is 17.3 Å². The number of terminal acetylenes is 1. The normalized spacial score (nSPS) is 13.0. The van der Waals surface area contributed by atoms with Gasteiger partial charge in [0.25, 0.3) is 0 Å². The van der Waals surface area contributed by atoms with Gasteiger partial charge < -0.3 is 19.7 Å². The maximum Gasteiger partial charge on any atom is 0.410 e. The molecule has 0 aliphatic carbocycles. The summed E-state index contributed by atoms with van der Waals surface area (Å²) in [5.74, 6) is 4.04. The van der Waals surface area contributed by atoms with E-state index in [1.807, 2.05) is 58.9 Å². The van der Waals surface area contributed by atoms with Crippen LogP contribution < -0.4 is 10.1 Å². The predicted molar refractivity (Wildman–Crippen MR) is 146 cm³/mol. The Balaban J connectivity index is 1.70. The van der Waals surface area contributed by atoms with Gasteiger partial charge in [0.15, 0.2) is 0 Å². The van der Waals surface area contributed by atoms with Gasteiger partial charge in [-0.3, -0.25) is 0 Å². The van der Waals surface area contributed by atoms with E-state index in [2.05, 4.69) is 17.3 Å². The monoisotopic (exact) mass is 509 g/mol. The molecule has 4 rings (SSSR count). The second kappa shape index (κ2) is 10.8. The maximum absolute atomic E-state index is 12.8. The number of fused-ring (bicyclic) bond motifs is 1. The Morgan fingerprint density at radius 2 is 1.71 bits per heavy atom. The molecule has 1 aromatic heterocycles. The van der Waals surface area contributed by atoms with Crippen molar-refractivity contribution in [3.8, 4) is 30.0 Å². The van der Waals surface area contributed by atoms with Gasteiger partial charge in [0.2, 0.25) is 11.8 Å². The summed E-state index contributed by atoms with van der Waals surface area (Å²) >= 11 is 0. The Morgan fingerprint density at radius 3 is 2.32 bits per heavy atom. The van der Waals surface area contributed by atoms with Crippen LogP contribution in [0.25, 0.3) is 0 Å². The van der Waals surface area contributed by atoms with E-state index < -0.39 is 5.60 Å². The predicted octanol–water partition coefficient (Wildman–Crippen LogP) is 5.82. The van der Waals surface area contributed by atoms with Crippen molar-refractivity contribution >= 4 is 17.7 Å². The topological polar surface area (TPSA) is 100 Å². The molecule has 0 radical (unpaired) electrons. The Labute approximate surface area is 223 Å². The number of carbonyl (C=O) groups is 1. The standard InChI is InChI=1S/C30H31N5O3/c1-7-21-8-10-23(11-9-21)32-28-33-25-13-15-35(29(36)38-30(4,5)6)14-12-24(25)27(34-28)37-26-19(2)16-22(18-31)17-20(26)3/h1,8-11,16-17H,12-15H2,2-6H3,(H,32,33,34). The number of carbonyl (C=O) groups excluding carboxylic acids is 1. The molecule has 0 spiro atoms. The molecule has 0 saturated heterocycles. The lowest BCUT2D eigenvalue weighted by Crippen LogP contribution is -2.38. The number of nitriles is 1. The van der Waals surface area contributed by atoms with Gasteiger partial charge in [0.1, 0.15) is 11.4 Å². The second-order valence-electron chi connectivity index (χ2n) is 10.2. The number of nitrogens with one attached hydrogen (secondary N) is 1. The Morgan fingerprint density at radius 1 is 1.05 bits per heavy atom. The first-order valence-corrected chi connectivity index (χ1v) is 12.5. The van der Waals surface area contributed by atoms with Crippen molar-refractivity contribution in [2.75, 3.05) is 18.4 Å². The molecule has 2 heterocycles. The molecule has 0 atom stereocenters. The van der Waals surface area contributed by atoms with Crippen LogP contribution in [-0.4, -0.2) is 39.7 Å². The van der Waals surface area contributed by atoms with Gasteiger partial charge in [0, 0.05) is 36.3 Å². The molecule has 1 aliphatic rings. The highest BCUT2D eigenvalue weighted by molar-refractivity contribution is 5.68. The summed E-state index contributed by atoms with van der Waals surface area (Å²) in [6, 6.07) is 13.2. The number of amides is 1. The van der Waals surface area contributed by atoms with Crippen molar-refractivity contribution in [1.82, 2.24) is 14.9 Å². The number of anilines is 2. The summed E-state index contributed by atoms with van der Waals surface area (Å²) in [5, 5.41) is 12.6. The fourth-order valence-corrected chi connectivity index (χ4v) is 4.27. The highest BCUT2D eigenvalue weighted by Gasteiger charge is 2.27. The van der Waals surface area contributed by atoms with E-state index in [1.54, 1.807) is 17.0 Å². The molecule has 1 aliphatic heterocycles. The molecule has 8 nitrogen and oxygen atoms in total. The number of benzene rings is 2. The van der Waals surface area contributed by atoms with E-state index >= 15 is 0 Å². The van der Waals surface area contributed by atoms with Crippen LogP contribution in [0.3, 0.4) is 0 Å². The highest BCUT2D eigenvalue weighted by atomic mass is 16.6. The summed E-state index contributed by atoms with van der Waals surface area (Å²) in [5.41, 5.74) is 4.84. The Bertz CT molecular complexity index is 1420. The smallest absolute Gasteiger partial charge is 0.410 e. The minimum atomic E-state index is -0.582. The van der Waals surface area contributed by atoms with Crippen LogP contribution in [0.15, 0.2) is 36.4 Å². The molecule has 2 aromatic carbocycles. The number of rotatable bonds is 4. The lowest BCUT2D eigenvalue weighted by molar-refractivity contribution is 0.0258. The van der Waals surface area contributed by atoms with Crippen LogP contribution in [0.2, 0.25) is 0 Å². The first-order chi connectivity index (χ1) is 18.1. The summed E-state index contributed by atoms with van der Waals surface area (Å²) < 4.78 is 12.0. The average molecular weight is 510 g/mol. The van der Waals surface area contributed by atoms with Crippen LogP contribution in [-0.2, 0) is 17.6 Å². The number of hydrogen-bond acceptors (Lipinski definition) is 7. The van der Waals surface area contributed by atoms with Crippen LogP contribution in [0.4, 0.5) is 16.4 Å². The number of hydrogen-bond donors (Lipinski definition) is 1. The number of aryl methyl sites for hydroxylation is 2. The van der Waals surface area contributed by atoms with Crippen molar-refractivity contribution in [3.63, 3.8) is 0 Å². The van der Waals surface area contributed by atoms with Gasteiger partial charge in [-0.1, -0.05) is 5.92 Å². The summed E-state index contributed by atoms with van der Waals surface area (Å²) in [6.07, 6.45) is 6.15. The zero-order valence-electron chi connectivity index (χ0n) is 22.4. The summed E-state index contributed by atoms with van der Waals surface area (Å²) in [7, 11) is 0. The largest absolute Gasteiger partial charge is 0.444 e. The van der Waals surface area contributed by atoms with Gasteiger partial charge >= 0.3 is 6.09 Å². The SMILES string of the molecule is C#Cc1ccc(Nc2nc3c(c(Oc4c(C)cc(C#N)cc4C)n2)CCN(C(=O)OC(C)(C)C)CC3)cc1. The lowest BCUT2D eigenvalue weighted by Gasteiger charge is -2.26. The molecule has 8 heteroatoms. The number of aromatic nitrogens is 2. The average Bonchev–Trinajstić information content (AvgIpc) is 3.08. The third kappa shape index (κ3) is 6.22. The molecule has 0 fully saturated rings. The van der Waals surface area contributed by atoms with Crippen LogP contribution in [0.1, 0.15) is 54.3 Å². The van der Waals surface area contributed by atoms with E-state index in [0.29, 0.717) is 49.1 Å². The minimum absolute atomic E-state index is 0.355. The fraction of sp³-hybridized carbons (Fsp3) is 0.333. The zero-order chi connectivity index (χ0) is 27.4. The van der Waals surface area contributed by atoms with E-state index in [9.17, 15) is 10.1 Å². The third-order valence-electron chi connectivity index (χ3n) is 6.05. The molecular weight excluding hydrogens is 478 g/mol. The van der Waals surface area contributed by atoms with Gasteiger partial charge in [-0.25, -0.2) is 9.78 Å². The zero-order valence-corrected chi connectivity index (χ0v) is 22.4. The van der Waals surface area contributed by atoms with E-state index in [1.165, 1.54) is 0 Å². The molecule has 0 saturated carbocycles. The quantitative estimate of drug-likeness (QED) is 0.443. The Hall–Kier alpha value is -4.56. The molecule has 0 unspecified atom stereocenters. The lowest BCUT2D eigenvalue weighted by atomic mass is 10.1. The van der Waals surface area contributed by atoms with Crippen molar-refractivity contribution < 1.29 is 14.3 Å². The number of ether oxygens (including phenoxy) is 2. The molecule has 0 bridgehead atoms. The Kier molecular flexibility index (Phi) is 7.55. The molecule has 1 N–H and O–H groups in total. The van der Waals surface area contributed by atoms with Crippen molar-refractivity contribution in [2.45, 2.75) is 53.1 Å². The van der Waals surface area contributed by atoms with Gasteiger partial charge in [-0.2, -0.15) is 10.2 Å². The van der Waals surface area contributed by atoms with Crippen LogP contribution in [0, 0.1) is 37.5 Å². The first-order valence-electron chi connectivity index (χ1n) is 12.5. The van der Waals surface area contributed by atoms with Crippen LogP contribution in [0.5, 0.6) is 11.6 Å². The summed E-state index contributed by atoms with van der Waals surface area (Å²) in [6.45, 7) is 10.3. The highest BCUT2D eigenvalue weighted by Crippen LogP contribution is 2.34. The van der Waals surface area contributed by atoms with Crippen LogP contribution >= 0.6 is 0 Å². The van der Waals surface area contributed by atoms with Gasteiger partial charge in [-0.05, 0) is 88.6 Å². The minimum Gasteiger partial charge on any atom is -0.444 e. The summed E-state index contributed by atoms with van der Waals surface area (Å²) in [4.78, 5) is 24.0. The molecule has 3 aromatic rings. The molecule has 38 heavy (non-hydrogen) atoms. The van der Waals surface area contributed by atoms with E-state index in [4.69, 9.17) is 25.9 Å². The van der Waals surface area contributed by atoms with E-state index in [-0.39, 0.29) is 6.09 Å². The van der Waals surface area contributed by atoms with Crippen molar-refractivity contribution in [1.29, 1.82) is 5.26 Å². The second-order valence-corrected chi connectivity index (χ2v) is 10.2. The third-order valence-corrected chi connectivity index (χ3v) is 6.05. The molecular formula is C30H31N5O3. The number of nitrogens with zero attached hydrogens (tertiary/aromatic N) is 4. The van der Waals surface area contributed by atoms with Crippen molar-refractivity contribution in [3.05, 3.63) is 69.9 Å². The first kappa shape index (κ1) is 26.5. The molecule has 194 valence electrons.